The molecule has 42 heavy (non-hydrogen) atoms. The maximum Gasteiger partial charge on any atom is 0.420 e. The molecule has 2 unspecified atom stereocenters. The molecule has 0 amide bonds. The molecule has 2 fully saturated rings. The van der Waals surface area contributed by atoms with Crippen LogP contribution in [-0.4, -0.2) is 66.4 Å². The lowest BCUT2D eigenvalue weighted by Crippen LogP contribution is -2.46. The van der Waals surface area contributed by atoms with Crippen LogP contribution in [0.4, 0.5) is 18.9 Å². The summed E-state index contributed by atoms with van der Waals surface area (Å²) in [4.78, 5) is 13.8. The lowest BCUT2D eigenvalue weighted by atomic mass is 9.96. The number of piperidine rings is 1. The van der Waals surface area contributed by atoms with Crippen LogP contribution in [0.15, 0.2) is 48.7 Å². The third-order valence-electron chi connectivity index (χ3n) is 7.78. The third kappa shape index (κ3) is 6.86. The van der Waals surface area contributed by atoms with Crippen LogP contribution in [-0.2, 0) is 6.18 Å². The molecule has 0 saturated carbocycles. The molecule has 11 heteroatoms. The highest BCUT2D eigenvalue weighted by atomic mass is 35.5. The number of rotatable bonds is 9. The zero-order valence-corrected chi connectivity index (χ0v) is 24.8. The Morgan fingerprint density at radius 3 is 2.52 bits per heavy atom. The molecule has 3 atom stereocenters. The molecule has 0 aliphatic carbocycles. The quantitative estimate of drug-likeness (QED) is 0.258. The van der Waals surface area contributed by atoms with Gasteiger partial charge < -0.3 is 24.0 Å². The van der Waals surface area contributed by atoms with E-state index in [2.05, 4.69) is 28.8 Å². The molecule has 2 aliphatic heterocycles. The van der Waals surface area contributed by atoms with Gasteiger partial charge in [-0.05, 0) is 69.3 Å². The van der Waals surface area contributed by atoms with Gasteiger partial charge in [-0.2, -0.15) is 13.2 Å². The summed E-state index contributed by atoms with van der Waals surface area (Å²) in [6, 6.07) is 11.4. The highest BCUT2D eigenvalue weighted by Crippen LogP contribution is 2.41. The number of ether oxygens (including phenoxy) is 3. The fraction of sp³-hybridized carbons (Fsp3) is 0.484. The molecule has 0 spiro atoms. The van der Waals surface area contributed by atoms with E-state index in [4.69, 9.17) is 30.8 Å². The van der Waals surface area contributed by atoms with Gasteiger partial charge in [0, 0.05) is 49.7 Å². The molecule has 2 saturated heterocycles. The zero-order valence-electron chi connectivity index (χ0n) is 24.0. The predicted octanol–water partition coefficient (Wildman–Crippen LogP) is 7.12. The Morgan fingerprint density at radius 2 is 1.81 bits per heavy atom. The first-order valence-corrected chi connectivity index (χ1v) is 14.8. The second-order valence-corrected chi connectivity index (χ2v) is 11.2. The minimum absolute atomic E-state index is 0.00315. The molecule has 0 radical (unpaired) electrons. The van der Waals surface area contributed by atoms with Crippen LogP contribution in [0.1, 0.15) is 45.1 Å². The fourth-order valence-corrected chi connectivity index (χ4v) is 5.88. The van der Waals surface area contributed by atoms with Crippen LogP contribution in [0.2, 0.25) is 5.02 Å². The van der Waals surface area contributed by atoms with E-state index >= 15 is 0 Å². The van der Waals surface area contributed by atoms with Crippen LogP contribution < -0.4 is 19.1 Å². The van der Waals surface area contributed by atoms with Crippen molar-refractivity contribution in [1.29, 1.82) is 0 Å². The lowest BCUT2D eigenvalue weighted by Gasteiger charge is -2.41. The van der Waals surface area contributed by atoms with Crippen molar-refractivity contribution in [1.82, 2.24) is 14.9 Å². The van der Waals surface area contributed by atoms with Crippen molar-refractivity contribution in [2.45, 2.75) is 64.0 Å². The van der Waals surface area contributed by atoms with Gasteiger partial charge in [-0.25, -0.2) is 9.97 Å². The van der Waals surface area contributed by atoms with Crippen LogP contribution in [0.25, 0.3) is 11.3 Å². The van der Waals surface area contributed by atoms with Gasteiger partial charge in [0.2, 0.25) is 11.8 Å². The maximum absolute atomic E-state index is 13.7. The number of anilines is 1. The summed E-state index contributed by atoms with van der Waals surface area (Å²) in [5, 5.41) is 0.0209. The summed E-state index contributed by atoms with van der Waals surface area (Å²) >= 11 is 5.86. The molecule has 7 nitrogen and oxygen atoms in total. The van der Waals surface area contributed by atoms with Crippen LogP contribution in [0.5, 0.6) is 17.5 Å². The van der Waals surface area contributed by atoms with Crippen LogP contribution in [0, 0.1) is 0 Å². The summed E-state index contributed by atoms with van der Waals surface area (Å²) in [7, 11) is 2.07. The molecule has 226 valence electrons. The maximum atomic E-state index is 13.7. The monoisotopic (exact) mass is 604 g/mol. The molecule has 4 heterocycles. The largest absolute Gasteiger partial charge is 0.490 e. The van der Waals surface area contributed by atoms with E-state index in [1.807, 2.05) is 31.2 Å². The summed E-state index contributed by atoms with van der Waals surface area (Å²) < 4.78 is 59.3. The minimum Gasteiger partial charge on any atom is -0.490 e. The molecular weight excluding hydrogens is 569 g/mol. The Balaban J connectivity index is 1.42. The Morgan fingerprint density at radius 1 is 1.00 bits per heavy atom. The van der Waals surface area contributed by atoms with Gasteiger partial charge >= 0.3 is 6.18 Å². The van der Waals surface area contributed by atoms with Gasteiger partial charge in [0.15, 0.2) is 0 Å². The molecular formula is C31H36ClF3N4O3. The Hall–Kier alpha value is -3.24. The molecule has 0 bridgehead atoms. The molecule has 2 aromatic heterocycles. The van der Waals surface area contributed by atoms with Crippen molar-refractivity contribution in [2.24, 2.45) is 0 Å². The number of likely N-dealkylation sites (N-methyl/N-ethyl adjacent to an activating group) is 1. The Kier molecular flexibility index (Phi) is 9.32. The van der Waals surface area contributed by atoms with Crippen molar-refractivity contribution in [3.8, 4) is 28.8 Å². The summed E-state index contributed by atoms with van der Waals surface area (Å²) in [5.41, 5.74) is 1.49. The predicted molar refractivity (Wildman–Crippen MR) is 157 cm³/mol. The first-order valence-electron chi connectivity index (χ1n) is 14.4. The minimum atomic E-state index is -4.56. The number of halogens is 4. The Labute approximate surface area is 249 Å². The second kappa shape index (κ2) is 13.0. The van der Waals surface area contributed by atoms with Crippen molar-refractivity contribution < 1.29 is 27.4 Å². The second-order valence-electron chi connectivity index (χ2n) is 10.8. The Bertz CT molecular complexity index is 1380. The molecule has 1 aromatic carbocycles. The molecule has 3 aromatic rings. The fourth-order valence-electron chi connectivity index (χ4n) is 5.71. The number of pyridine rings is 2. The number of aromatic nitrogens is 2. The summed E-state index contributed by atoms with van der Waals surface area (Å²) in [6.45, 7) is 6.80. The average Bonchev–Trinajstić information content (AvgIpc) is 3.38. The van der Waals surface area contributed by atoms with Crippen molar-refractivity contribution in [2.75, 3.05) is 38.2 Å². The van der Waals surface area contributed by atoms with E-state index in [0.29, 0.717) is 43.4 Å². The number of benzene rings is 1. The normalized spacial score (nSPS) is 21.4. The zero-order chi connectivity index (χ0) is 29.9. The van der Waals surface area contributed by atoms with E-state index in [-0.39, 0.29) is 29.0 Å². The van der Waals surface area contributed by atoms with Gasteiger partial charge in [-0.3, -0.25) is 0 Å². The van der Waals surface area contributed by atoms with Crippen molar-refractivity contribution in [3.63, 3.8) is 0 Å². The standard InChI is InChI=1S/C31H36ClF3N4O3/c1-4-21-18-22(41-28-11-8-20(32)17-25(28)31(33,34)35)13-16-39(21)27-10-9-26(24-7-6-14-36-29(24)40-5-2)37-30(27)42-23-12-15-38(3)19-23/h6-11,14,17,21-23H,4-5,12-13,15-16,18-19H2,1-3H3/t21?,22?,23-/m1/s1. The SMILES string of the molecule is CCOc1ncccc1-c1ccc(N2CCC(Oc3ccc(Cl)cc3C(F)(F)F)CC2CC)c(O[C@@H]2CCN(C)C2)n1. The molecule has 2 aliphatic rings. The highest BCUT2D eigenvalue weighted by Gasteiger charge is 2.37. The van der Waals surface area contributed by atoms with Gasteiger partial charge in [-0.1, -0.05) is 18.5 Å². The van der Waals surface area contributed by atoms with Gasteiger partial charge in [0.05, 0.1) is 23.4 Å². The van der Waals surface area contributed by atoms with E-state index in [0.717, 1.165) is 43.2 Å². The average molecular weight is 605 g/mol. The van der Waals surface area contributed by atoms with Crippen molar-refractivity contribution >= 4 is 17.3 Å². The highest BCUT2D eigenvalue weighted by molar-refractivity contribution is 6.30. The van der Waals surface area contributed by atoms with E-state index in [9.17, 15) is 13.2 Å². The molecule has 5 rings (SSSR count). The van der Waals surface area contributed by atoms with E-state index in [1.165, 1.54) is 12.1 Å². The van der Waals surface area contributed by atoms with E-state index < -0.39 is 11.7 Å². The topological polar surface area (TPSA) is 60.0 Å². The number of likely N-dealkylation sites (tertiary alicyclic amines) is 1. The van der Waals surface area contributed by atoms with Gasteiger partial charge in [-0.15, -0.1) is 0 Å². The van der Waals surface area contributed by atoms with E-state index in [1.54, 1.807) is 6.20 Å². The molecule has 0 N–H and O–H groups in total. The first-order chi connectivity index (χ1) is 20.2. The first kappa shape index (κ1) is 30.2. The third-order valence-corrected chi connectivity index (χ3v) is 8.02. The lowest BCUT2D eigenvalue weighted by molar-refractivity contribution is -0.139. The number of hydrogen-bond donors (Lipinski definition) is 0. The smallest absolute Gasteiger partial charge is 0.420 e. The van der Waals surface area contributed by atoms with Crippen molar-refractivity contribution in [3.05, 3.63) is 59.2 Å². The van der Waals surface area contributed by atoms with Crippen LogP contribution in [0.3, 0.4) is 0 Å². The number of alkyl halides is 3. The van der Waals surface area contributed by atoms with Gasteiger partial charge in [0.1, 0.15) is 23.6 Å². The van der Waals surface area contributed by atoms with Gasteiger partial charge in [0.25, 0.3) is 0 Å². The summed E-state index contributed by atoms with van der Waals surface area (Å²) in [5.74, 6) is 0.854. The summed E-state index contributed by atoms with van der Waals surface area (Å²) in [6.07, 6.45) is -0.474. The number of nitrogens with zero attached hydrogens (tertiary/aromatic N) is 4. The van der Waals surface area contributed by atoms with Crippen LogP contribution >= 0.6 is 11.6 Å². The number of hydrogen-bond acceptors (Lipinski definition) is 7.